The molecule has 0 aromatic heterocycles. The Bertz CT molecular complexity index is 276. The van der Waals surface area contributed by atoms with Crippen molar-refractivity contribution in [3.8, 4) is 0 Å². The van der Waals surface area contributed by atoms with E-state index in [2.05, 4.69) is 56.7 Å². The van der Waals surface area contributed by atoms with Crippen molar-refractivity contribution < 1.29 is 0 Å². The second kappa shape index (κ2) is 9.12. The molecular formula is C18H39N3. The molecule has 1 rings (SSSR count). The molecule has 1 fully saturated rings. The number of nitrogens with zero attached hydrogens (tertiary/aromatic N) is 2. The topological polar surface area (TPSA) is 18.5 Å². The summed E-state index contributed by atoms with van der Waals surface area (Å²) in [5.41, 5.74) is 0.410. The van der Waals surface area contributed by atoms with E-state index in [1.54, 1.807) is 0 Å². The molecule has 21 heavy (non-hydrogen) atoms. The number of hydrogen-bond acceptors (Lipinski definition) is 3. The first-order valence-electron chi connectivity index (χ1n) is 9.11. The van der Waals surface area contributed by atoms with Crippen LogP contribution in [0.2, 0.25) is 0 Å². The molecule has 2 unspecified atom stereocenters. The molecule has 3 nitrogen and oxygen atoms in total. The zero-order chi connectivity index (χ0) is 15.9. The average Bonchev–Trinajstić information content (AvgIpc) is 2.88. The van der Waals surface area contributed by atoms with E-state index < -0.39 is 0 Å². The summed E-state index contributed by atoms with van der Waals surface area (Å²) in [6.45, 7) is 22.4. The Hall–Kier alpha value is -0.120. The van der Waals surface area contributed by atoms with Crippen LogP contribution >= 0.6 is 0 Å². The average molecular weight is 298 g/mol. The van der Waals surface area contributed by atoms with Gasteiger partial charge in [0, 0.05) is 25.7 Å². The van der Waals surface area contributed by atoms with Gasteiger partial charge in [0.15, 0.2) is 0 Å². The van der Waals surface area contributed by atoms with Crippen LogP contribution in [0.5, 0.6) is 0 Å². The summed E-state index contributed by atoms with van der Waals surface area (Å²) in [4.78, 5) is 5.32. The number of likely N-dealkylation sites (N-methyl/N-ethyl adjacent to an activating group) is 1. The third-order valence-corrected chi connectivity index (χ3v) is 5.14. The molecule has 1 aliphatic rings. The summed E-state index contributed by atoms with van der Waals surface area (Å²) in [6.07, 6.45) is 2.60. The maximum absolute atomic E-state index is 3.67. The van der Waals surface area contributed by atoms with Gasteiger partial charge in [-0.15, -0.1) is 0 Å². The maximum atomic E-state index is 3.67. The first-order valence-corrected chi connectivity index (χ1v) is 9.11. The number of rotatable bonds is 10. The Kier molecular flexibility index (Phi) is 8.22. The monoisotopic (exact) mass is 297 g/mol. The summed E-state index contributed by atoms with van der Waals surface area (Å²) in [6, 6.07) is 0.782. The smallest absolute Gasteiger partial charge is 0.0235 e. The van der Waals surface area contributed by atoms with Crippen LogP contribution < -0.4 is 5.32 Å². The lowest BCUT2D eigenvalue weighted by Crippen LogP contribution is -2.43. The molecule has 0 bridgehead atoms. The molecule has 0 saturated carbocycles. The van der Waals surface area contributed by atoms with Gasteiger partial charge in [-0.3, -0.25) is 4.90 Å². The Balaban J connectivity index is 2.43. The van der Waals surface area contributed by atoms with Gasteiger partial charge in [0.05, 0.1) is 0 Å². The van der Waals surface area contributed by atoms with Crippen LogP contribution in [0.4, 0.5) is 0 Å². The molecule has 0 amide bonds. The molecule has 1 heterocycles. The van der Waals surface area contributed by atoms with Crippen molar-refractivity contribution in [2.45, 2.75) is 60.4 Å². The fourth-order valence-corrected chi connectivity index (χ4v) is 3.49. The van der Waals surface area contributed by atoms with E-state index >= 15 is 0 Å². The van der Waals surface area contributed by atoms with E-state index in [9.17, 15) is 0 Å². The van der Waals surface area contributed by atoms with Crippen molar-refractivity contribution >= 4 is 0 Å². The van der Waals surface area contributed by atoms with Crippen molar-refractivity contribution in [2.75, 3.05) is 45.8 Å². The zero-order valence-corrected chi connectivity index (χ0v) is 15.4. The highest BCUT2D eigenvalue weighted by Crippen LogP contribution is 2.25. The van der Waals surface area contributed by atoms with Crippen LogP contribution in [-0.4, -0.2) is 61.7 Å². The van der Waals surface area contributed by atoms with Crippen LogP contribution in [0.1, 0.15) is 54.4 Å². The van der Waals surface area contributed by atoms with E-state index in [0.29, 0.717) is 5.41 Å². The van der Waals surface area contributed by atoms with Crippen molar-refractivity contribution in [3.63, 3.8) is 0 Å². The summed E-state index contributed by atoms with van der Waals surface area (Å²) >= 11 is 0. The standard InChI is InChI=1S/C18H39N3/c1-7-18(6,14-19-12-16(4)5)15-20-11-10-17(13-20)21(8-2)9-3/h16-17,19H,7-15H2,1-6H3. The van der Waals surface area contributed by atoms with Gasteiger partial charge >= 0.3 is 0 Å². The van der Waals surface area contributed by atoms with Gasteiger partial charge in [0.1, 0.15) is 0 Å². The fourth-order valence-electron chi connectivity index (χ4n) is 3.49. The molecule has 0 aromatic rings. The molecule has 3 heteroatoms. The van der Waals surface area contributed by atoms with E-state index in [4.69, 9.17) is 0 Å². The molecule has 0 radical (unpaired) electrons. The highest BCUT2D eigenvalue weighted by Gasteiger charge is 2.31. The second-order valence-electron chi connectivity index (χ2n) is 7.59. The normalized spacial score (nSPS) is 23.1. The van der Waals surface area contributed by atoms with Crippen LogP contribution in [0.25, 0.3) is 0 Å². The quantitative estimate of drug-likeness (QED) is 0.668. The summed E-state index contributed by atoms with van der Waals surface area (Å²) in [5, 5.41) is 3.67. The highest BCUT2D eigenvalue weighted by molar-refractivity contribution is 4.87. The van der Waals surface area contributed by atoms with Crippen LogP contribution in [0.15, 0.2) is 0 Å². The predicted molar refractivity (Wildman–Crippen MR) is 93.9 cm³/mol. The SMILES string of the molecule is CCN(CC)C1CCN(CC(C)(CC)CNCC(C)C)C1. The molecular weight excluding hydrogens is 258 g/mol. The predicted octanol–water partition coefficient (Wildman–Crippen LogP) is 3.06. The minimum atomic E-state index is 0.410. The lowest BCUT2D eigenvalue weighted by Gasteiger charge is -2.34. The summed E-state index contributed by atoms with van der Waals surface area (Å²) in [7, 11) is 0. The minimum Gasteiger partial charge on any atom is -0.316 e. The molecule has 1 saturated heterocycles. The first-order chi connectivity index (χ1) is 9.94. The lowest BCUT2D eigenvalue weighted by molar-refractivity contribution is 0.159. The van der Waals surface area contributed by atoms with Crippen molar-refractivity contribution in [1.82, 2.24) is 15.1 Å². The Labute approximate surface area is 133 Å². The van der Waals surface area contributed by atoms with Crippen molar-refractivity contribution in [3.05, 3.63) is 0 Å². The molecule has 1 aliphatic heterocycles. The van der Waals surface area contributed by atoms with E-state index in [1.165, 1.54) is 45.6 Å². The minimum absolute atomic E-state index is 0.410. The first kappa shape index (κ1) is 18.9. The van der Waals surface area contributed by atoms with Gasteiger partial charge < -0.3 is 10.2 Å². The van der Waals surface area contributed by atoms with Gasteiger partial charge in [0.25, 0.3) is 0 Å². The second-order valence-corrected chi connectivity index (χ2v) is 7.59. The molecule has 2 atom stereocenters. The van der Waals surface area contributed by atoms with E-state index in [0.717, 1.165) is 25.0 Å². The summed E-state index contributed by atoms with van der Waals surface area (Å²) in [5.74, 6) is 0.741. The molecule has 0 aliphatic carbocycles. The van der Waals surface area contributed by atoms with Gasteiger partial charge in [-0.05, 0) is 50.4 Å². The van der Waals surface area contributed by atoms with E-state index in [-0.39, 0.29) is 0 Å². The van der Waals surface area contributed by atoms with Gasteiger partial charge in [-0.2, -0.15) is 0 Å². The van der Waals surface area contributed by atoms with Crippen LogP contribution in [0, 0.1) is 11.3 Å². The highest BCUT2D eigenvalue weighted by atomic mass is 15.3. The van der Waals surface area contributed by atoms with Gasteiger partial charge in [-0.25, -0.2) is 0 Å². The lowest BCUT2D eigenvalue weighted by atomic mass is 9.86. The zero-order valence-electron chi connectivity index (χ0n) is 15.4. The van der Waals surface area contributed by atoms with Gasteiger partial charge in [0.2, 0.25) is 0 Å². The Morgan fingerprint density at radius 1 is 1.24 bits per heavy atom. The molecule has 0 spiro atoms. The van der Waals surface area contributed by atoms with Gasteiger partial charge in [-0.1, -0.05) is 41.5 Å². The number of likely N-dealkylation sites (tertiary alicyclic amines) is 1. The fraction of sp³-hybridized carbons (Fsp3) is 1.00. The van der Waals surface area contributed by atoms with E-state index in [1.807, 2.05) is 0 Å². The van der Waals surface area contributed by atoms with Crippen LogP contribution in [-0.2, 0) is 0 Å². The van der Waals surface area contributed by atoms with Crippen molar-refractivity contribution in [1.29, 1.82) is 0 Å². The molecule has 1 N–H and O–H groups in total. The third kappa shape index (κ3) is 6.25. The number of nitrogens with one attached hydrogen (secondary N) is 1. The molecule has 126 valence electrons. The summed E-state index contributed by atoms with van der Waals surface area (Å²) < 4.78 is 0. The number of hydrogen-bond donors (Lipinski definition) is 1. The Morgan fingerprint density at radius 3 is 2.43 bits per heavy atom. The maximum Gasteiger partial charge on any atom is 0.0235 e. The van der Waals surface area contributed by atoms with Crippen LogP contribution in [0.3, 0.4) is 0 Å². The third-order valence-electron chi connectivity index (χ3n) is 5.14. The largest absolute Gasteiger partial charge is 0.316 e. The Morgan fingerprint density at radius 2 is 1.90 bits per heavy atom. The van der Waals surface area contributed by atoms with Crippen molar-refractivity contribution in [2.24, 2.45) is 11.3 Å². The molecule has 0 aromatic carbocycles.